The molecule has 1 fully saturated rings. The number of hydrogen-bond donors (Lipinski definition) is 1. The van der Waals surface area contributed by atoms with Gasteiger partial charge in [0.2, 0.25) is 5.88 Å². The molecule has 5 heteroatoms. The number of ether oxygens (including phenoxy) is 2. The first-order valence-electron chi connectivity index (χ1n) is 5.36. The summed E-state index contributed by atoms with van der Waals surface area (Å²) in [5, 5.41) is 3.78. The monoisotopic (exact) mass is 242 g/mol. The van der Waals surface area contributed by atoms with Gasteiger partial charge in [0, 0.05) is 18.3 Å². The maximum absolute atomic E-state index is 6.06. The van der Waals surface area contributed by atoms with Crippen LogP contribution in [0.4, 0.5) is 0 Å². The maximum Gasteiger partial charge on any atom is 0.236 e. The molecule has 0 spiro atoms. The molecule has 1 atom stereocenters. The van der Waals surface area contributed by atoms with Crippen molar-refractivity contribution in [2.75, 3.05) is 20.3 Å². The van der Waals surface area contributed by atoms with Gasteiger partial charge in [0.15, 0.2) is 0 Å². The number of methoxy groups -OCH3 is 1. The molecule has 1 N–H and O–H groups in total. The van der Waals surface area contributed by atoms with Gasteiger partial charge in [-0.05, 0) is 19.4 Å². The summed E-state index contributed by atoms with van der Waals surface area (Å²) >= 11 is 6.06. The Morgan fingerprint density at radius 1 is 1.62 bits per heavy atom. The van der Waals surface area contributed by atoms with E-state index >= 15 is 0 Å². The van der Waals surface area contributed by atoms with Crippen molar-refractivity contribution >= 4 is 11.6 Å². The smallest absolute Gasteiger partial charge is 0.236 e. The summed E-state index contributed by atoms with van der Waals surface area (Å²) in [6, 6.07) is 2.12. The van der Waals surface area contributed by atoms with Gasteiger partial charge in [-0.3, -0.25) is 0 Å². The van der Waals surface area contributed by atoms with Crippen LogP contribution in [0, 0.1) is 0 Å². The van der Waals surface area contributed by atoms with E-state index in [1.54, 1.807) is 19.4 Å². The first kappa shape index (κ1) is 11.5. The molecular weight excluding hydrogens is 228 g/mol. The van der Waals surface area contributed by atoms with E-state index in [1.165, 1.54) is 6.42 Å². The van der Waals surface area contributed by atoms with Crippen LogP contribution in [0.25, 0.3) is 0 Å². The van der Waals surface area contributed by atoms with Gasteiger partial charge in [-0.1, -0.05) is 11.6 Å². The molecular formula is C11H15ClN2O2. The molecule has 0 unspecified atom stereocenters. The minimum atomic E-state index is 0.407. The van der Waals surface area contributed by atoms with Crippen molar-refractivity contribution in [3.8, 4) is 11.6 Å². The molecule has 16 heavy (non-hydrogen) atoms. The van der Waals surface area contributed by atoms with E-state index in [0.717, 1.165) is 13.0 Å². The van der Waals surface area contributed by atoms with Crippen molar-refractivity contribution in [1.82, 2.24) is 10.3 Å². The zero-order chi connectivity index (χ0) is 11.4. The van der Waals surface area contributed by atoms with Crippen LogP contribution in [0.1, 0.15) is 12.8 Å². The lowest BCUT2D eigenvalue weighted by Gasteiger charge is -2.13. The normalized spacial score (nSPS) is 19.8. The maximum atomic E-state index is 6.06. The van der Waals surface area contributed by atoms with Crippen molar-refractivity contribution in [1.29, 1.82) is 0 Å². The number of nitrogens with zero attached hydrogens (tertiary/aromatic N) is 1. The van der Waals surface area contributed by atoms with Gasteiger partial charge in [-0.25, -0.2) is 4.98 Å². The van der Waals surface area contributed by atoms with E-state index in [2.05, 4.69) is 10.3 Å². The lowest BCUT2D eigenvalue weighted by molar-refractivity contribution is 0.266. The molecule has 1 saturated heterocycles. The van der Waals surface area contributed by atoms with Crippen molar-refractivity contribution in [3.63, 3.8) is 0 Å². The predicted octanol–water partition coefficient (Wildman–Crippen LogP) is 1.87. The molecule has 0 radical (unpaired) electrons. The van der Waals surface area contributed by atoms with Gasteiger partial charge in [-0.2, -0.15) is 0 Å². The third-order valence-corrected chi connectivity index (χ3v) is 2.97. The van der Waals surface area contributed by atoms with Gasteiger partial charge in [0.25, 0.3) is 0 Å². The number of halogens is 1. The second kappa shape index (κ2) is 5.37. The Balaban J connectivity index is 1.97. The second-order valence-corrected chi connectivity index (χ2v) is 4.11. The van der Waals surface area contributed by atoms with E-state index in [1.807, 2.05) is 0 Å². The molecule has 88 valence electrons. The Kier molecular flexibility index (Phi) is 3.85. The zero-order valence-corrected chi connectivity index (χ0v) is 9.96. The average Bonchev–Trinajstić information content (AvgIpc) is 2.81. The van der Waals surface area contributed by atoms with Crippen LogP contribution in [0.2, 0.25) is 5.02 Å². The van der Waals surface area contributed by atoms with Crippen LogP contribution in [-0.2, 0) is 0 Å². The first-order chi connectivity index (χ1) is 7.81. The number of nitrogens with one attached hydrogen (secondary N) is 1. The van der Waals surface area contributed by atoms with Crippen LogP contribution in [0.3, 0.4) is 0 Å². The third kappa shape index (κ3) is 2.57. The molecule has 4 nitrogen and oxygen atoms in total. The van der Waals surface area contributed by atoms with E-state index in [4.69, 9.17) is 21.1 Å². The minimum Gasteiger partial charge on any atom is -0.495 e. The van der Waals surface area contributed by atoms with Crippen molar-refractivity contribution < 1.29 is 9.47 Å². The molecule has 2 heterocycles. The number of pyridine rings is 1. The van der Waals surface area contributed by atoms with E-state index in [-0.39, 0.29) is 0 Å². The summed E-state index contributed by atoms with van der Waals surface area (Å²) in [4.78, 5) is 4.09. The highest BCUT2D eigenvalue weighted by Crippen LogP contribution is 2.31. The summed E-state index contributed by atoms with van der Waals surface area (Å²) in [6.07, 6.45) is 3.97. The van der Waals surface area contributed by atoms with Gasteiger partial charge in [-0.15, -0.1) is 0 Å². The Morgan fingerprint density at radius 3 is 3.19 bits per heavy atom. The van der Waals surface area contributed by atoms with E-state index in [9.17, 15) is 0 Å². The summed E-state index contributed by atoms with van der Waals surface area (Å²) in [6.45, 7) is 1.66. The Bertz CT molecular complexity index is 354. The van der Waals surface area contributed by atoms with Crippen molar-refractivity contribution in [2.45, 2.75) is 18.9 Å². The standard InChI is InChI=1S/C11H15ClN2O2/c1-15-9-4-6-14-11(10(9)12)16-7-8-3-2-5-13-8/h4,6,8,13H,2-3,5,7H2,1H3/t8-/m1/s1. The fourth-order valence-electron chi connectivity index (χ4n) is 1.74. The van der Waals surface area contributed by atoms with Crippen molar-refractivity contribution in [3.05, 3.63) is 17.3 Å². The lowest BCUT2D eigenvalue weighted by atomic mass is 10.2. The molecule has 1 aromatic rings. The molecule has 1 aliphatic rings. The quantitative estimate of drug-likeness (QED) is 0.876. The summed E-state index contributed by atoms with van der Waals surface area (Å²) in [7, 11) is 1.57. The first-order valence-corrected chi connectivity index (χ1v) is 5.73. The molecule has 0 saturated carbocycles. The van der Waals surface area contributed by atoms with Crippen molar-refractivity contribution in [2.24, 2.45) is 0 Å². The fourth-order valence-corrected chi connectivity index (χ4v) is 1.99. The Hall–Kier alpha value is -1.00. The third-order valence-electron chi connectivity index (χ3n) is 2.63. The number of hydrogen-bond acceptors (Lipinski definition) is 4. The fraction of sp³-hybridized carbons (Fsp3) is 0.545. The van der Waals surface area contributed by atoms with Crippen LogP contribution in [-0.4, -0.2) is 31.3 Å². The number of aromatic nitrogens is 1. The molecule has 0 aliphatic carbocycles. The highest BCUT2D eigenvalue weighted by Gasteiger charge is 2.16. The van der Waals surface area contributed by atoms with Crippen LogP contribution in [0.15, 0.2) is 12.3 Å². The zero-order valence-electron chi connectivity index (χ0n) is 9.20. The summed E-state index contributed by atoms with van der Waals surface area (Å²) in [5.74, 6) is 1.03. The highest BCUT2D eigenvalue weighted by atomic mass is 35.5. The summed E-state index contributed by atoms with van der Waals surface area (Å²) in [5.41, 5.74) is 0. The van der Waals surface area contributed by atoms with Crippen LogP contribution < -0.4 is 14.8 Å². The topological polar surface area (TPSA) is 43.4 Å². The average molecular weight is 243 g/mol. The Labute approximate surface area is 99.9 Å². The van der Waals surface area contributed by atoms with Crippen LogP contribution >= 0.6 is 11.6 Å². The molecule has 1 aliphatic heterocycles. The van der Waals surface area contributed by atoms with Gasteiger partial charge in [0.1, 0.15) is 17.4 Å². The van der Waals surface area contributed by atoms with E-state index < -0.39 is 0 Å². The van der Waals surface area contributed by atoms with Gasteiger partial charge >= 0.3 is 0 Å². The second-order valence-electron chi connectivity index (χ2n) is 3.74. The molecule has 0 aromatic carbocycles. The van der Waals surface area contributed by atoms with Gasteiger partial charge in [0.05, 0.1) is 7.11 Å². The SMILES string of the molecule is COc1ccnc(OC[C@H]2CCCN2)c1Cl. The van der Waals surface area contributed by atoms with E-state index in [0.29, 0.717) is 29.3 Å². The number of rotatable bonds is 4. The molecule has 0 amide bonds. The molecule has 1 aromatic heterocycles. The lowest BCUT2D eigenvalue weighted by Crippen LogP contribution is -2.28. The predicted molar refractivity (Wildman–Crippen MR) is 62.3 cm³/mol. The highest BCUT2D eigenvalue weighted by molar-refractivity contribution is 6.33. The minimum absolute atomic E-state index is 0.407. The summed E-state index contributed by atoms with van der Waals surface area (Å²) < 4.78 is 10.7. The van der Waals surface area contributed by atoms with Crippen LogP contribution in [0.5, 0.6) is 11.6 Å². The largest absolute Gasteiger partial charge is 0.495 e. The Morgan fingerprint density at radius 2 is 2.50 bits per heavy atom. The molecule has 2 rings (SSSR count). The molecule has 0 bridgehead atoms. The van der Waals surface area contributed by atoms with Gasteiger partial charge < -0.3 is 14.8 Å².